The summed E-state index contributed by atoms with van der Waals surface area (Å²) < 4.78 is 28.3. The number of nitrogens with two attached hydrogens (primary N) is 2. The minimum Gasteiger partial charge on any atom is -0.399 e. The van der Waals surface area contributed by atoms with Crippen molar-refractivity contribution in [1.29, 1.82) is 0 Å². The molecule has 2 aliphatic rings. The first kappa shape index (κ1) is 46.7. The average Bonchev–Trinajstić information content (AvgIpc) is 4.23. The van der Waals surface area contributed by atoms with Crippen molar-refractivity contribution in [3.63, 3.8) is 0 Å². The highest BCUT2D eigenvalue weighted by Crippen LogP contribution is 2.37. The molecule has 358 valence electrons. The number of aromatic amines is 1. The van der Waals surface area contributed by atoms with Crippen molar-refractivity contribution >= 4 is 90.1 Å². The number of nitrogens with zero attached hydrogens (tertiary/aromatic N) is 7. The number of H-pyrrole nitrogens is 1. The Hall–Kier alpha value is -7.99. The second-order valence-electron chi connectivity index (χ2n) is 17.2. The molecule has 2 amide bonds. The highest BCUT2D eigenvalue weighted by Gasteiger charge is 2.30. The summed E-state index contributed by atoms with van der Waals surface area (Å²) in [5, 5.41) is 9.19. The van der Waals surface area contributed by atoms with Gasteiger partial charge in [0.2, 0.25) is 11.9 Å². The predicted octanol–water partition coefficient (Wildman–Crippen LogP) is 9.08. The second kappa shape index (κ2) is 19.8. The van der Waals surface area contributed by atoms with Gasteiger partial charge in [-0.15, -0.1) is 0 Å². The average molecular weight is 1010 g/mol. The van der Waals surface area contributed by atoms with Gasteiger partial charge in [0.1, 0.15) is 0 Å². The lowest BCUT2D eigenvalue weighted by Gasteiger charge is -2.17. The number of amides is 2. The molecular formula is C52H46Cl2N12O4S. The SMILES string of the molecule is Nc1ccc(C(=O)N2CC[C@H](Nc3ncc(Cl)c(-c4c[nH]c5ccccc45)n3)C2)cc1.Nc1ccc(C(=O)N2CC[C@H](Nc3ncc(Cl)c(-c4cn(S(=O)(=O)c5ccccc5)c5ccccc45)n3)C2)cc1. The van der Waals surface area contributed by atoms with Crippen molar-refractivity contribution in [2.45, 2.75) is 29.8 Å². The number of carbonyl (C=O) groups excluding carboxylic acids is 2. The molecular weight excluding hydrogens is 960 g/mol. The molecule has 7 N–H and O–H groups in total. The fraction of sp³-hybridized carbons (Fsp3) is 0.154. The van der Waals surface area contributed by atoms with E-state index in [0.29, 0.717) is 93.5 Å². The van der Waals surface area contributed by atoms with Crippen molar-refractivity contribution in [3.05, 3.63) is 173 Å². The molecule has 0 unspecified atom stereocenters. The van der Waals surface area contributed by atoms with E-state index in [-0.39, 0.29) is 33.8 Å². The maximum atomic E-state index is 13.5. The highest BCUT2D eigenvalue weighted by atomic mass is 35.5. The van der Waals surface area contributed by atoms with Gasteiger partial charge in [0.15, 0.2) is 0 Å². The number of fused-ring (bicyclic) bond motifs is 2. The number of hydrogen-bond donors (Lipinski definition) is 5. The van der Waals surface area contributed by atoms with Crippen LogP contribution in [0.1, 0.15) is 33.6 Å². The number of anilines is 4. The van der Waals surface area contributed by atoms with E-state index in [4.69, 9.17) is 34.7 Å². The summed E-state index contributed by atoms with van der Waals surface area (Å²) >= 11 is 13.0. The van der Waals surface area contributed by atoms with Gasteiger partial charge in [0, 0.05) is 101 Å². The molecule has 9 aromatic rings. The van der Waals surface area contributed by atoms with Crippen LogP contribution in [-0.4, -0.2) is 97.2 Å². The number of para-hydroxylation sites is 2. The molecule has 0 spiro atoms. The molecule has 5 aromatic carbocycles. The number of likely N-dealkylation sites (tertiary alicyclic amines) is 2. The van der Waals surface area contributed by atoms with E-state index in [1.807, 2.05) is 47.5 Å². The fourth-order valence-corrected chi connectivity index (χ4v) is 10.6. The first-order valence-corrected chi connectivity index (χ1v) is 24.9. The highest BCUT2D eigenvalue weighted by molar-refractivity contribution is 7.90. The number of nitrogens with one attached hydrogen (secondary N) is 3. The molecule has 11 rings (SSSR count). The molecule has 2 saturated heterocycles. The number of rotatable bonds is 10. The smallest absolute Gasteiger partial charge is 0.268 e. The van der Waals surface area contributed by atoms with Crippen LogP contribution in [-0.2, 0) is 10.0 Å². The number of aromatic nitrogens is 6. The van der Waals surface area contributed by atoms with Crippen molar-refractivity contribution in [2.75, 3.05) is 48.3 Å². The van der Waals surface area contributed by atoms with E-state index in [2.05, 4.69) is 35.6 Å². The maximum absolute atomic E-state index is 13.5. The van der Waals surface area contributed by atoms with E-state index in [1.54, 1.807) is 108 Å². The first-order valence-electron chi connectivity index (χ1n) is 22.7. The molecule has 2 fully saturated rings. The maximum Gasteiger partial charge on any atom is 0.268 e. The number of nitrogen functional groups attached to an aromatic ring is 2. The van der Waals surface area contributed by atoms with Crippen LogP contribution in [0, 0.1) is 0 Å². The number of halogens is 2. The van der Waals surface area contributed by atoms with Gasteiger partial charge in [-0.2, -0.15) is 0 Å². The molecule has 19 heteroatoms. The van der Waals surface area contributed by atoms with Crippen molar-refractivity contribution < 1.29 is 18.0 Å². The molecule has 0 saturated carbocycles. The van der Waals surface area contributed by atoms with Crippen LogP contribution in [0.3, 0.4) is 0 Å². The Kier molecular flexibility index (Phi) is 13.0. The summed E-state index contributed by atoms with van der Waals surface area (Å²) in [7, 11) is -3.86. The van der Waals surface area contributed by atoms with Crippen molar-refractivity contribution in [2.24, 2.45) is 0 Å². The van der Waals surface area contributed by atoms with Crippen LogP contribution >= 0.6 is 23.2 Å². The summed E-state index contributed by atoms with van der Waals surface area (Å²) in [5.74, 6) is 0.778. The standard InChI is InChI=1S/C29H25ClN6O3S.C23H21ClN6O/c30-25-16-32-29(33-21-14-15-35(17-21)28(37)19-10-12-20(31)13-11-19)34-27(25)24-18-36(26-9-5-4-8-23(24)26)40(38,39)22-6-2-1-3-7-22;24-19-12-27-23(29-21(19)18-11-26-20-4-2-1-3-17(18)20)28-16-9-10-30(13-16)22(31)14-5-7-15(25)8-6-14/h1-13,16,18,21H,14-15,17,31H2,(H,32,33,34);1-8,11-12,16,26H,9-10,13,25H2,(H,27,28,29)/t21-;16-/m00/s1. The fourth-order valence-electron chi connectivity index (χ4n) is 8.87. The summed E-state index contributed by atoms with van der Waals surface area (Å²) in [5.41, 5.74) is 18.0. The first-order chi connectivity index (χ1) is 34.4. The van der Waals surface area contributed by atoms with Gasteiger partial charge >= 0.3 is 0 Å². The second-order valence-corrected chi connectivity index (χ2v) is 19.8. The number of hydrogen-bond acceptors (Lipinski definition) is 12. The Morgan fingerprint density at radius 1 is 0.620 bits per heavy atom. The topological polar surface area (TPSA) is 223 Å². The van der Waals surface area contributed by atoms with Crippen LogP contribution < -0.4 is 22.1 Å². The zero-order valence-corrected chi connectivity index (χ0v) is 40.2. The van der Waals surface area contributed by atoms with E-state index < -0.39 is 10.0 Å². The molecule has 2 aliphatic heterocycles. The largest absolute Gasteiger partial charge is 0.399 e. The molecule has 0 radical (unpaired) electrons. The lowest BCUT2D eigenvalue weighted by molar-refractivity contribution is 0.0784. The molecule has 0 bridgehead atoms. The Labute approximate surface area is 418 Å². The summed E-state index contributed by atoms with van der Waals surface area (Å²) in [6.45, 7) is 2.33. The van der Waals surface area contributed by atoms with E-state index >= 15 is 0 Å². The third-order valence-electron chi connectivity index (χ3n) is 12.5. The monoisotopic (exact) mass is 1000 g/mol. The normalized spacial score (nSPS) is 15.7. The van der Waals surface area contributed by atoms with Crippen LogP contribution in [0.15, 0.2) is 157 Å². The third-order valence-corrected chi connectivity index (χ3v) is 14.7. The van der Waals surface area contributed by atoms with Crippen molar-refractivity contribution in [1.82, 2.24) is 38.7 Å². The van der Waals surface area contributed by atoms with Gasteiger partial charge in [-0.1, -0.05) is 77.8 Å². The van der Waals surface area contributed by atoms with Crippen LogP contribution in [0.2, 0.25) is 10.0 Å². The van der Waals surface area contributed by atoms with Crippen LogP contribution in [0.4, 0.5) is 23.3 Å². The summed E-state index contributed by atoms with van der Waals surface area (Å²) in [4.78, 5) is 50.7. The van der Waals surface area contributed by atoms with E-state index in [9.17, 15) is 18.0 Å². The van der Waals surface area contributed by atoms with Gasteiger partial charge in [0.25, 0.3) is 21.8 Å². The Morgan fingerprint density at radius 2 is 1.11 bits per heavy atom. The number of carbonyl (C=O) groups is 2. The lowest BCUT2D eigenvalue weighted by atomic mass is 10.1. The van der Waals surface area contributed by atoms with Gasteiger partial charge in [-0.3, -0.25) is 9.59 Å². The number of benzene rings is 5. The molecule has 0 aliphatic carbocycles. The van der Waals surface area contributed by atoms with Gasteiger partial charge in [0.05, 0.1) is 44.2 Å². The lowest BCUT2D eigenvalue weighted by Crippen LogP contribution is -2.31. The van der Waals surface area contributed by atoms with Gasteiger partial charge < -0.3 is 36.9 Å². The minimum atomic E-state index is -3.86. The minimum absolute atomic E-state index is 0.000746. The molecule has 6 heterocycles. The Balaban J connectivity index is 0.000000169. The predicted molar refractivity (Wildman–Crippen MR) is 279 cm³/mol. The quantitative estimate of drug-likeness (QED) is 0.0810. The van der Waals surface area contributed by atoms with E-state index in [0.717, 1.165) is 29.3 Å². The Morgan fingerprint density at radius 3 is 1.68 bits per heavy atom. The zero-order chi connectivity index (χ0) is 49.2. The zero-order valence-electron chi connectivity index (χ0n) is 37.9. The van der Waals surface area contributed by atoms with Gasteiger partial charge in [-0.25, -0.2) is 32.3 Å². The third kappa shape index (κ3) is 9.79. The van der Waals surface area contributed by atoms with Gasteiger partial charge in [-0.05, 0) is 85.6 Å². The molecule has 16 nitrogen and oxygen atoms in total. The van der Waals surface area contributed by atoms with Crippen LogP contribution in [0.5, 0.6) is 0 Å². The summed E-state index contributed by atoms with van der Waals surface area (Å²) in [6.07, 6.45) is 8.10. The summed E-state index contributed by atoms with van der Waals surface area (Å²) in [6, 6.07) is 37.4. The van der Waals surface area contributed by atoms with Crippen LogP contribution in [0.25, 0.3) is 44.3 Å². The molecule has 4 aromatic heterocycles. The van der Waals surface area contributed by atoms with Crippen molar-refractivity contribution in [3.8, 4) is 22.5 Å². The molecule has 71 heavy (non-hydrogen) atoms. The molecule has 2 atom stereocenters. The Bertz CT molecular complexity index is 3540. The van der Waals surface area contributed by atoms with E-state index in [1.165, 1.54) is 10.2 Å².